The number of hydrogen-bond donors (Lipinski definition) is 3. The Bertz CT molecular complexity index is 300. The van der Waals surface area contributed by atoms with E-state index in [1.165, 1.54) is 0 Å². The Morgan fingerprint density at radius 2 is 1.82 bits per heavy atom. The van der Waals surface area contributed by atoms with Gasteiger partial charge in [-0.15, -0.1) is 0 Å². The zero-order valence-corrected chi connectivity index (χ0v) is 10.3. The van der Waals surface area contributed by atoms with Crippen molar-refractivity contribution in [1.29, 1.82) is 0 Å². The molecular formula is C11H20N2O4. The lowest BCUT2D eigenvalue weighted by molar-refractivity contribution is -0.139. The molecule has 0 aliphatic heterocycles. The van der Waals surface area contributed by atoms with Crippen LogP contribution in [0.2, 0.25) is 0 Å². The van der Waals surface area contributed by atoms with Crippen molar-refractivity contribution in [2.75, 3.05) is 6.54 Å². The van der Waals surface area contributed by atoms with Gasteiger partial charge in [0.2, 0.25) is 11.8 Å². The first kappa shape index (κ1) is 15.4. The SMILES string of the molecule is CC(C)(CC(=O)O)CC(=O)NCCCC(N)=O. The van der Waals surface area contributed by atoms with Gasteiger partial charge in [-0.2, -0.15) is 0 Å². The maximum Gasteiger partial charge on any atom is 0.303 e. The maximum atomic E-state index is 11.5. The number of carboxylic acids is 1. The third kappa shape index (κ3) is 9.35. The van der Waals surface area contributed by atoms with Gasteiger partial charge in [0.05, 0.1) is 6.42 Å². The molecule has 0 radical (unpaired) electrons. The van der Waals surface area contributed by atoms with Crippen molar-refractivity contribution in [3.63, 3.8) is 0 Å². The second kappa shape index (κ2) is 6.88. The minimum atomic E-state index is -0.920. The van der Waals surface area contributed by atoms with Gasteiger partial charge in [-0.1, -0.05) is 13.8 Å². The number of nitrogens with one attached hydrogen (secondary N) is 1. The van der Waals surface area contributed by atoms with Crippen molar-refractivity contribution >= 4 is 17.8 Å². The smallest absolute Gasteiger partial charge is 0.303 e. The van der Waals surface area contributed by atoms with Crippen molar-refractivity contribution < 1.29 is 19.5 Å². The number of carbonyl (C=O) groups excluding carboxylic acids is 2. The number of carbonyl (C=O) groups is 3. The van der Waals surface area contributed by atoms with Gasteiger partial charge < -0.3 is 16.2 Å². The molecule has 0 aliphatic carbocycles. The van der Waals surface area contributed by atoms with Crippen LogP contribution in [0.5, 0.6) is 0 Å². The van der Waals surface area contributed by atoms with Crippen LogP contribution in [0.25, 0.3) is 0 Å². The van der Waals surface area contributed by atoms with Gasteiger partial charge in [0.25, 0.3) is 0 Å². The number of primary amides is 1. The third-order valence-electron chi connectivity index (χ3n) is 2.19. The van der Waals surface area contributed by atoms with E-state index in [1.54, 1.807) is 13.8 Å². The molecule has 6 nitrogen and oxygen atoms in total. The van der Waals surface area contributed by atoms with Gasteiger partial charge in [-0.05, 0) is 11.8 Å². The first-order valence-electron chi connectivity index (χ1n) is 5.50. The van der Waals surface area contributed by atoms with Gasteiger partial charge in [0, 0.05) is 19.4 Å². The summed E-state index contributed by atoms with van der Waals surface area (Å²) in [6.45, 7) is 3.83. The Morgan fingerprint density at radius 1 is 1.24 bits per heavy atom. The van der Waals surface area contributed by atoms with Crippen LogP contribution in [-0.2, 0) is 14.4 Å². The molecule has 6 heteroatoms. The second-order valence-electron chi connectivity index (χ2n) is 4.83. The fourth-order valence-corrected chi connectivity index (χ4v) is 1.46. The zero-order chi connectivity index (χ0) is 13.5. The summed E-state index contributed by atoms with van der Waals surface area (Å²) >= 11 is 0. The first-order valence-corrected chi connectivity index (χ1v) is 5.50. The van der Waals surface area contributed by atoms with Crippen LogP contribution in [0.3, 0.4) is 0 Å². The minimum Gasteiger partial charge on any atom is -0.481 e. The fourth-order valence-electron chi connectivity index (χ4n) is 1.46. The summed E-state index contributed by atoms with van der Waals surface area (Å²) in [5.74, 6) is -1.53. The Morgan fingerprint density at radius 3 is 2.29 bits per heavy atom. The summed E-state index contributed by atoms with van der Waals surface area (Å²) in [5.41, 5.74) is 4.38. The molecule has 17 heavy (non-hydrogen) atoms. The number of aliphatic carboxylic acids is 1. The molecule has 98 valence electrons. The van der Waals surface area contributed by atoms with Crippen LogP contribution in [0.1, 0.15) is 39.5 Å². The molecule has 0 saturated heterocycles. The van der Waals surface area contributed by atoms with Gasteiger partial charge in [0.15, 0.2) is 0 Å². The normalized spacial score (nSPS) is 10.9. The van der Waals surface area contributed by atoms with Gasteiger partial charge >= 0.3 is 5.97 Å². The van der Waals surface area contributed by atoms with Crippen molar-refractivity contribution in [2.24, 2.45) is 11.1 Å². The van der Waals surface area contributed by atoms with Crippen LogP contribution in [-0.4, -0.2) is 29.4 Å². The zero-order valence-electron chi connectivity index (χ0n) is 10.3. The van der Waals surface area contributed by atoms with Crippen LogP contribution in [0, 0.1) is 5.41 Å². The number of hydrogen-bond acceptors (Lipinski definition) is 3. The van der Waals surface area contributed by atoms with E-state index in [0.717, 1.165) is 0 Å². The summed E-state index contributed by atoms with van der Waals surface area (Å²) in [6, 6.07) is 0. The highest BCUT2D eigenvalue weighted by atomic mass is 16.4. The maximum absolute atomic E-state index is 11.5. The molecule has 0 spiro atoms. The predicted octanol–water partition coefficient (Wildman–Crippen LogP) is 0.259. The van der Waals surface area contributed by atoms with Crippen molar-refractivity contribution in [2.45, 2.75) is 39.5 Å². The van der Waals surface area contributed by atoms with E-state index in [-0.39, 0.29) is 25.2 Å². The Balaban J connectivity index is 3.85. The lowest BCUT2D eigenvalue weighted by atomic mass is 9.85. The average molecular weight is 244 g/mol. The molecule has 0 atom stereocenters. The molecule has 0 aromatic carbocycles. The minimum absolute atomic E-state index is 0.0539. The molecule has 0 fully saturated rings. The summed E-state index contributed by atoms with van der Waals surface area (Å²) in [5, 5.41) is 11.3. The Hall–Kier alpha value is -1.59. The van der Waals surface area contributed by atoms with Crippen molar-refractivity contribution in [1.82, 2.24) is 5.32 Å². The topological polar surface area (TPSA) is 109 Å². The van der Waals surface area contributed by atoms with Crippen LogP contribution in [0.4, 0.5) is 0 Å². The highest BCUT2D eigenvalue weighted by Gasteiger charge is 2.24. The molecule has 0 bridgehead atoms. The van der Waals surface area contributed by atoms with E-state index in [1.807, 2.05) is 0 Å². The number of rotatable bonds is 8. The van der Waals surface area contributed by atoms with Crippen LogP contribution in [0.15, 0.2) is 0 Å². The van der Waals surface area contributed by atoms with E-state index in [0.29, 0.717) is 13.0 Å². The highest BCUT2D eigenvalue weighted by molar-refractivity contribution is 5.78. The Kier molecular flexibility index (Phi) is 6.23. The second-order valence-corrected chi connectivity index (χ2v) is 4.83. The van der Waals surface area contributed by atoms with Gasteiger partial charge in [0.1, 0.15) is 0 Å². The molecule has 0 aromatic heterocycles. The first-order chi connectivity index (χ1) is 7.73. The van der Waals surface area contributed by atoms with E-state index >= 15 is 0 Å². The Labute approximate surface area is 101 Å². The molecule has 0 aromatic rings. The monoisotopic (exact) mass is 244 g/mol. The molecule has 0 aliphatic rings. The van der Waals surface area contributed by atoms with Gasteiger partial charge in [-0.25, -0.2) is 0 Å². The molecule has 0 unspecified atom stereocenters. The average Bonchev–Trinajstić information content (AvgIpc) is 2.08. The van der Waals surface area contributed by atoms with Crippen LogP contribution < -0.4 is 11.1 Å². The lowest BCUT2D eigenvalue weighted by Gasteiger charge is -2.21. The largest absolute Gasteiger partial charge is 0.481 e. The molecule has 4 N–H and O–H groups in total. The van der Waals surface area contributed by atoms with E-state index < -0.39 is 17.3 Å². The van der Waals surface area contributed by atoms with Gasteiger partial charge in [-0.3, -0.25) is 14.4 Å². The predicted molar refractivity (Wildman–Crippen MR) is 62.1 cm³/mol. The summed E-state index contributed by atoms with van der Waals surface area (Å²) < 4.78 is 0. The van der Waals surface area contributed by atoms with E-state index in [9.17, 15) is 14.4 Å². The third-order valence-corrected chi connectivity index (χ3v) is 2.19. The highest BCUT2D eigenvalue weighted by Crippen LogP contribution is 2.24. The molecule has 2 amide bonds. The lowest BCUT2D eigenvalue weighted by Crippen LogP contribution is -2.31. The fraction of sp³-hybridized carbons (Fsp3) is 0.727. The summed E-state index contributed by atoms with van der Waals surface area (Å²) in [4.78, 5) is 32.5. The number of amides is 2. The number of nitrogens with two attached hydrogens (primary N) is 1. The standard InChI is InChI=1S/C11H20N2O4/c1-11(2,7-10(16)17)6-9(15)13-5-3-4-8(12)14/h3-7H2,1-2H3,(H2,12,14)(H,13,15)(H,16,17). The van der Waals surface area contributed by atoms with E-state index in [2.05, 4.69) is 5.32 Å². The van der Waals surface area contributed by atoms with Crippen molar-refractivity contribution in [3.05, 3.63) is 0 Å². The molecule has 0 saturated carbocycles. The quantitative estimate of drug-likeness (QED) is 0.532. The van der Waals surface area contributed by atoms with Crippen LogP contribution >= 0.6 is 0 Å². The van der Waals surface area contributed by atoms with Crippen molar-refractivity contribution in [3.8, 4) is 0 Å². The molecule has 0 heterocycles. The summed E-state index contributed by atoms with van der Waals surface area (Å²) in [7, 11) is 0. The molecular weight excluding hydrogens is 224 g/mol. The summed E-state index contributed by atoms with van der Waals surface area (Å²) in [6.07, 6.45) is 0.830. The molecule has 0 rings (SSSR count). The van der Waals surface area contributed by atoms with E-state index in [4.69, 9.17) is 10.8 Å². The number of carboxylic acid groups (broad SMARTS) is 1.